The van der Waals surface area contributed by atoms with Crippen LogP contribution in [0.25, 0.3) is 27.8 Å². The van der Waals surface area contributed by atoms with E-state index in [1.165, 1.54) is 39.0 Å². The monoisotopic (exact) mass is 350 g/mol. The van der Waals surface area contributed by atoms with E-state index >= 15 is 0 Å². The van der Waals surface area contributed by atoms with Crippen molar-refractivity contribution in [2.45, 2.75) is 20.8 Å². The SMILES string of the molecule is C.Cc1cccc(-c2cc(C3=CCC=CC=C3)cc(-c3ccccc3)c2)c1. The van der Waals surface area contributed by atoms with Gasteiger partial charge in [0.1, 0.15) is 0 Å². The van der Waals surface area contributed by atoms with Crippen LogP contribution in [0.3, 0.4) is 0 Å². The van der Waals surface area contributed by atoms with E-state index in [4.69, 9.17) is 0 Å². The summed E-state index contributed by atoms with van der Waals surface area (Å²) in [5.41, 5.74) is 8.86. The van der Waals surface area contributed by atoms with Gasteiger partial charge in [-0.1, -0.05) is 98.0 Å². The zero-order chi connectivity index (χ0) is 17.8. The van der Waals surface area contributed by atoms with Gasteiger partial charge in [-0.3, -0.25) is 0 Å². The fourth-order valence-corrected chi connectivity index (χ4v) is 3.38. The van der Waals surface area contributed by atoms with Crippen molar-refractivity contribution in [3.8, 4) is 22.3 Å². The topological polar surface area (TPSA) is 0 Å². The lowest BCUT2D eigenvalue weighted by atomic mass is 9.92. The highest BCUT2D eigenvalue weighted by Crippen LogP contribution is 2.32. The van der Waals surface area contributed by atoms with Gasteiger partial charge in [0.2, 0.25) is 0 Å². The molecule has 3 aromatic carbocycles. The summed E-state index contributed by atoms with van der Waals surface area (Å²) in [5, 5.41) is 0. The van der Waals surface area contributed by atoms with E-state index in [9.17, 15) is 0 Å². The molecule has 0 nitrogen and oxygen atoms in total. The highest BCUT2D eigenvalue weighted by molar-refractivity contribution is 5.83. The Bertz CT molecular complexity index is 1000. The Labute approximate surface area is 163 Å². The molecular formula is C27H26. The third kappa shape index (κ3) is 4.35. The summed E-state index contributed by atoms with van der Waals surface area (Å²) in [5.74, 6) is 0. The number of allylic oxidation sites excluding steroid dienone is 6. The molecule has 0 spiro atoms. The Hall–Kier alpha value is -3.12. The van der Waals surface area contributed by atoms with Gasteiger partial charge >= 0.3 is 0 Å². The average molecular weight is 351 g/mol. The summed E-state index contributed by atoms with van der Waals surface area (Å²) in [7, 11) is 0. The molecule has 3 aromatic rings. The van der Waals surface area contributed by atoms with Gasteiger partial charge < -0.3 is 0 Å². The lowest BCUT2D eigenvalue weighted by molar-refractivity contribution is 1.40. The first-order valence-corrected chi connectivity index (χ1v) is 9.11. The van der Waals surface area contributed by atoms with Gasteiger partial charge in [-0.05, 0) is 64.9 Å². The van der Waals surface area contributed by atoms with Crippen molar-refractivity contribution in [1.82, 2.24) is 0 Å². The van der Waals surface area contributed by atoms with Crippen molar-refractivity contribution in [1.29, 1.82) is 0 Å². The predicted octanol–water partition coefficient (Wildman–Crippen LogP) is 7.86. The maximum Gasteiger partial charge on any atom is -0.0157 e. The molecule has 1 aliphatic rings. The molecule has 134 valence electrons. The van der Waals surface area contributed by atoms with Crippen LogP contribution in [0.5, 0.6) is 0 Å². The van der Waals surface area contributed by atoms with Gasteiger partial charge in [0.15, 0.2) is 0 Å². The van der Waals surface area contributed by atoms with Crippen molar-refractivity contribution < 1.29 is 0 Å². The molecule has 0 amide bonds. The molecule has 0 heteroatoms. The van der Waals surface area contributed by atoms with Crippen molar-refractivity contribution in [3.05, 3.63) is 114 Å². The number of hydrogen-bond donors (Lipinski definition) is 0. The summed E-state index contributed by atoms with van der Waals surface area (Å²) >= 11 is 0. The quantitative estimate of drug-likeness (QED) is 0.451. The highest BCUT2D eigenvalue weighted by atomic mass is 14.1. The van der Waals surface area contributed by atoms with E-state index in [1.807, 2.05) is 0 Å². The van der Waals surface area contributed by atoms with Gasteiger partial charge in [0, 0.05) is 0 Å². The van der Waals surface area contributed by atoms with Crippen LogP contribution in [0.1, 0.15) is 25.0 Å². The molecule has 0 saturated heterocycles. The van der Waals surface area contributed by atoms with Crippen LogP contribution in [0.2, 0.25) is 0 Å². The molecule has 0 saturated carbocycles. The largest absolute Gasteiger partial charge is 0.0807 e. The van der Waals surface area contributed by atoms with E-state index in [2.05, 4.69) is 110 Å². The standard InChI is InChI=1S/C26H22.CH4/c1-20-10-9-15-23(16-20)26-18-24(21-11-5-2-3-6-12-21)17-25(19-26)22-13-7-4-8-14-22;/h2-5,7-19H,6H2,1H3;1H4. The molecule has 0 N–H and O–H groups in total. The van der Waals surface area contributed by atoms with Crippen molar-refractivity contribution in [3.63, 3.8) is 0 Å². The smallest absolute Gasteiger partial charge is 0.0157 e. The first kappa shape index (κ1) is 18.7. The molecule has 0 unspecified atom stereocenters. The maximum absolute atomic E-state index is 2.31. The summed E-state index contributed by atoms with van der Waals surface area (Å²) in [6.45, 7) is 2.15. The fourth-order valence-electron chi connectivity index (χ4n) is 3.38. The second-order valence-electron chi connectivity index (χ2n) is 6.72. The number of aryl methyl sites for hydroxylation is 1. The Balaban J connectivity index is 0.00000210. The van der Waals surface area contributed by atoms with Crippen molar-refractivity contribution in [2.24, 2.45) is 0 Å². The Morgan fingerprint density at radius 3 is 2.11 bits per heavy atom. The molecule has 0 radical (unpaired) electrons. The second kappa shape index (κ2) is 8.51. The molecular weight excluding hydrogens is 324 g/mol. The van der Waals surface area contributed by atoms with Crippen LogP contribution in [-0.2, 0) is 0 Å². The van der Waals surface area contributed by atoms with Gasteiger partial charge in [0.25, 0.3) is 0 Å². The van der Waals surface area contributed by atoms with Crippen molar-refractivity contribution in [2.75, 3.05) is 0 Å². The van der Waals surface area contributed by atoms with Gasteiger partial charge in [-0.2, -0.15) is 0 Å². The van der Waals surface area contributed by atoms with Gasteiger partial charge in [0.05, 0.1) is 0 Å². The molecule has 0 fully saturated rings. The van der Waals surface area contributed by atoms with Crippen LogP contribution in [0.4, 0.5) is 0 Å². The zero-order valence-electron chi connectivity index (χ0n) is 15.0. The first-order valence-electron chi connectivity index (χ1n) is 9.11. The van der Waals surface area contributed by atoms with E-state index < -0.39 is 0 Å². The molecule has 0 bridgehead atoms. The first-order chi connectivity index (χ1) is 12.8. The van der Waals surface area contributed by atoms with E-state index in [-0.39, 0.29) is 7.43 Å². The summed E-state index contributed by atoms with van der Waals surface area (Å²) in [6.07, 6.45) is 11.9. The normalized spacial score (nSPS) is 12.9. The van der Waals surface area contributed by atoms with Crippen molar-refractivity contribution >= 4 is 5.57 Å². The van der Waals surface area contributed by atoms with Crippen LogP contribution in [0, 0.1) is 6.92 Å². The third-order valence-corrected chi connectivity index (χ3v) is 4.72. The lowest BCUT2D eigenvalue weighted by Gasteiger charge is -2.12. The fraction of sp³-hybridized carbons (Fsp3) is 0.111. The van der Waals surface area contributed by atoms with E-state index in [0.717, 1.165) is 6.42 Å². The lowest BCUT2D eigenvalue weighted by Crippen LogP contribution is -1.88. The third-order valence-electron chi connectivity index (χ3n) is 4.72. The Kier molecular flexibility index (Phi) is 5.88. The predicted molar refractivity (Wildman–Crippen MR) is 120 cm³/mol. The molecule has 0 aliphatic heterocycles. The zero-order valence-corrected chi connectivity index (χ0v) is 15.0. The van der Waals surface area contributed by atoms with E-state index in [1.54, 1.807) is 0 Å². The van der Waals surface area contributed by atoms with E-state index in [0.29, 0.717) is 0 Å². The molecule has 0 heterocycles. The number of benzene rings is 3. The maximum atomic E-state index is 2.31. The molecule has 27 heavy (non-hydrogen) atoms. The minimum Gasteiger partial charge on any atom is -0.0807 e. The number of rotatable bonds is 3. The summed E-state index contributed by atoms with van der Waals surface area (Å²) < 4.78 is 0. The Morgan fingerprint density at radius 2 is 1.33 bits per heavy atom. The van der Waals surface area contributed by atoms with Gasteiger partial charge in [-0.15, -0.1) is 0 Å². The molecule has 0 aromatic heterocycles. The second-order valence-corrected chi connectivity index (χ2v) is 6.72. The molecule has 1 aliphatic carbocycles. The Morgan fingerprint density at radius 1 is 0.630 bits per heavy atom. The van der Waals surface area contributed by atoms with Gasteiger partial charge in [-0.25, -0.2) is 0 Å². The average Bonchev–Trinajstić information content (AvgIpc) is 2.98. The summed E-state index contributed by atoms with van der Waals surface area (Å²) in [4.78, 5) is 0. The molecule has 0 atom stereocenters. The van der Waals surface area contributed by atoms with Crippen LogP contribution >= 0.6 is 0 Å². The summed E-state index contributed by atoms with van der Waals surface area (Å²) in [6, 6.07) is 26.3. The van der Waals surface area contributed by atoms with Crippen LogP contribution in [-0.4, -0.2) is 0 Å². The highest BCUT2D eigenvalue weighted by Gasteiger charge is 2.08. The minimum atomic E-state index is 0. The minimum absolute atomic E-state index is 0. The molecule has 4 rings (SSSR count). The number of hydrogen-bond acceptors (Lipinski definition) is 0. The van der Waals surface area contributed by atoms with Crippen LogP contribution < -0.4 is 0 Å². The van der Waals surface area contributed by atoms with Crippen LogP contribution in [0.15, 0.2) is 103 Å².